The number of hydrogen-bond acceptors (Lipinski definition) is 6. The third-order valence-electron chi connectivity index (χ3n) is 12.8. The summed E-state index contributed by atoms with van der Waals surface area (Å²) in [6, 6.07) is 31.2. The van der Waals surface area contributed by atoms with Crippen LogP contribution in [0.4, 0.5) is 0 Å². The Hall–Kier alpha value is -3.25. The minimum absolute atomic E-state index is 0.0631. The van der Waals surface area contributed by atoms with Crippen molar-refractivity contribution in [3.8, 4) is 0 Å². The number of nitrogens with zero attached hydrogens (tertiary/aromatic N) is 4. The maximum atomic E-state index is 9.57. The average molecular weight is 1340 g/mol. The minimum atomic E-state index is -1.85. The van der Waals surface area contributed by atoms with Crippen LogP contribution >= 0.6 is 46.2 Å². The van der Waals surface area contributed by atoms with Gasteiger partial charge in [-0.1, -0.05) is 120 Å². The standard InChI is InChI=1S/C15H19NO3.C10H9NO.C10H9N.C8H6BrN.C5H10O2.3C4H9.C2H3.3ClH.Fe.Sn/c1-16-10-12-4-2-3-5-14(12)15(11-17)19-13-6-8-18-9-7-13;1-11-6-8-4-2-3-5-9(8)10-7-12-10;1-3-9-6-4-5-7-10(9)8-11-2;1-10-6-7-4-2-3-5-8(7)9;6-5-1-3-7-4-2-5;3*1-3-4-2;1-2;;;;;/h2-5,13,15,17H,6-11H2;2-5,10H,6-7H2;3-7H,1,8H2;2-5H,6H2;5-6H,1-4H2;3*1,3-4H2,2H3;1H,2H2;3*1H;;/q;;;;;;;;;;;;+3;/p-3. The van der Waals surface area contributed by atoms with Crippen LogP contribution in [-0.4, -0.2) is 80.4 Å². The summed E-state index contributed by atoms with van der Waals surface area (Å²) < 4.78 is 29.6. The van der Waals surface area contributed by atoms with Gasteiger partial charge in [0.25, 0.3) is 0 Å². The summed E-state index contributed by atoms with van der Waals surface area (Å²) in [5.74, 6) is 0. The molecule has 0 spiro atoms. The van der Waals surface area contributed by atoms with E-state index < -0.39 is 29.5 Å². The van der Waals surface area contributed by atoms with E-state index in [1.54, 1.807) is 19.4 Å². The molecule has 0 aromatic heterocycles. The summed E-state index contributed by atoms with van der Waals surface area (Å²) in [6.07, 6.45) is 13.6. The van der Waals surface area contributed by atoms with Gasteiger partial charge in [-0.25, -0.2) is 26.3 Å². The summed E-state index contributed by atoms with van der Waals surface area (Å²) in [4.78, 5) is 13.4. The Morgan fingerprint density at radius 2 is 1.09 bits per heavy atom. The Balaban J connectivity index is 0.000000471. The number of epoxide rings is 1. The summed E-state index contributed by atoms with van der Waals surface area (Å²) in [5, 5.41) is 18.4. The fourth-order valence-corrected chi connectivity index (χ4v) is 21.6. The van der Waals surface area contributed by atoms with Crippen LogP contribution in [0.3, 0.4) is 0 Å². The molecule has 0 bridgehead atoms. The van der Waals surface area contributed by atoms with Crippen molar-refractivity contribution in [3.05, 3.63) is 203 Å². The van der Waals surface area contributed by atoms with Gasteiger partial charge in [-0.05, 0) is 48.4 Å². The normalized spacial score (nSPS) is 14.9. The van der Waals surface area contributed by atoms with Crippen LogP contribution in [0.2, 0.25) is 13.3 Å². The van der Waals surface area contributed by atoms with Gasteiger partial charge >= 0.3 is 143 Å². The molecule has 0 amide bonds. The SMILES string of the molecule is C=[CH][Sn]([CH2]CCC)([CH2]CCC)[CH2]CCC.OC1CCOCC1.[C-]#[N+]Cc1ccccc1Br.[C-]#[N+]Cc1ccccc1C(CO)OC1CCOCC1.[C-]#[N+]Cc1ccccc1C1CO1.[C-]#[N+]Cc1ccccc1C=C.[Cl][Fe]([Cl])[Cl]. The van der Waals surface area contributed by atoms with Crippen molar-refractivity contribution < 1.29 is 40.3 Å². The molecule has 3 heterocycles. The number of aliphatic hydroxyl groups is 2. The second-order valence-corrected chi connectivity index (χ2v) is 38.0. The Morgan fingerprint density at radius 1 is 0.667 bits per heavy atom. The molecule has 16 heteroatoms. The molecule has 4 aromatic rings. The van der Waals surface area contributed by atoms with Crippen molar-refractivity contribution in [3.63, 3.8) is 0 Å². The van der Waals surface area contributed by atoms with E-state index in [0.29, 0.717) is 39.4 Å². The number of unbranched alkanes of at least 4 members (excludes halogenated alkanes) is 3. The Kier molecular flexibility index (Phi) is 44.2. The van der Waals surface area contributed by atoms with Crippen molar-refractivity contribution in [1.29, 1.82) is 0 Å². The third kappa shape index (κ3) is 33.5. The van der Waals surface area contributed by atoms with Crippen molar-refractivity contribution in [2.75, 3.05) is 39.6 Å². The predicted octanol–water partition coefficient (Wildman–Crippen LogP) is 17.9. The van der Waals surface area contributed by atoms with E-state index >= 15 is 0 Å². The first-order valence-electron chi connectivity index (χ1n) is 26.8. The molecule has 3 aliphatic heterocycles. The number of ether oxygens (including phenoxy) is 4. The van der Waals surface area contributed by atoms with Crippen LogP contribution in [0, 0.1) is 26.3 Å². The predicted molar refractivity (Wildman–Crippen MR) is 327 cm³/mol. The van der Waals surface area contributed by atoms with Gasteiger partial charge in [0.05, 0.1) is 25.4 Å². The fourth-order valence-electron chi connectivity index (χ4n) is 8.27. The second-order valence-electron chi connectivity index (χ2n) is 18.5. The van der Waals surface area contributed by atoms with Gasteiger partial charge in [0, 0.05) is 53.2 Å². The maximum absolute atomic E-state index is 9.57. The average Bonchev–Trinajstić information content (AvgIpc) is 4.31. The first-order chi connectivity index (χ1) is 37.9. The van der Waals surface area contributed by atoms with Gasteiger partial charge in [-0.3, -0.25) is 0 Å². The van der Waals surface area contributed by atoms with E-state index in [1.165, 1.54) is 44.1 Å². The number of benzene rings is 4. The molecule has 7 rings (SSSR count). The molecule has 2 unspecified atom stereocenters. The molecule has 2 atom stereocenters. The molecule has 0 aliphatic carbocycles. The van der Waals surface area contributed by atoms with E-state index in [2.05, 4.69) is 73.3 Å². The molecule has 4 aromatic carbocycles. The molecule has 78 heavy (non-hydrogen) atoms. The van der Waals surface area contributed by atoms with Crippen LogP contribution in [0.5, 0.6) is 0 Å². The Bertz CT molecular complexity index is 2370. The van der Waals surface area contributed by atoms with E-state index in [9.17, 15) is 5.11 Å². The van der Waals surface area contributed by atoms with Crippen molar-refractivity contribution >= 4 is 70.7 Å². The number of rotatable bonds is 20. The van der Waals surface area contributed by atoms with Crippen LogP contribution in [0.1, 0.15) is 136 Å². The van der Waals surface area contributed by atoms with Gasteiger partial charge in [0.15, 0.2) is 0 Å². The molecule has 427 valence electrons. The molecule has 0 radical (unpaired) electrons. The van der Waals surface area contributed by atoms with E-state index in [0.717, 1.165) is 83.4 Å². The second kappa shape index (κ2) is 47.4. The molecule has 10 nitrogen and oxygen atoms in total. The first-order valence-corrected chi connectivity index (χ1v) is 39.9. The molecule has 3 aliphatic rings. The van der Waals surface area contributed by atoms with Crippen molar-refractivity contribution in [2.24, 2.45) is 0 Å². The fraction of sp³-hybridized carbons (Fsp3) is 0.484. The van der Waals surface area contributed by atoms with Gasteiger partial charge in [-0.2, -0.15) is 0 Å². The van der Waals surface area contributed by atoms with Crippen LogP contribution in [0.15, 0.2) is 119 Å². The Labute approximate surface area is 498 Å². The molecule has 0 saturated carbocycles. The summed E-state index contributed by atoms with van der Waals surface area (Å²) in [6.45, 7) is 47.3. The van der Waals surface area contributed by atoms with Crippen LogP contribution in [0.25, 0.3) is 25.5 Å². The quantitative estimate of drug-likeness (QED) is 0.0520. The Morgan fingerprint density at radius 3 is 1.54 bits per heavy atom. The topological polar surface area (TPSA) is 98.1 Å². The summed E-state index contributed by atoms with van der Waals surface area (Å²) in [5.41, 5.74) is 7.32. The van der Waals surface area contributed by atoms with E-state index in [1.807, 2.05) is 97.1 Å². The van der Waals surface area contributed by atoms with E-state index in [-0.39, 0.29) is 31.0 Å². The van der Waals surface area contributed by atoms with Crippen molar-refractivity contribution in [1.82, 2.24) is 0 Å². The zero-order chi connectivity index (χ0) is 57.7. The van der Waals surface area contributed by atoms with E-state index in [4.69, 9.17) is 80.6 Å². The zero-order valence-corrected chi connectivity index (χ0v) is 53.9. The van der Waals surface area contributed by atoms with Crippen LogP contribution < -0.4 is 0 Å². The molecule has 3 saturated heterocycles. The third-order valence-corrected chi connectivity index (χ3v) is 27.6. The molecular formula is C62H83BrCl3FeN4O6Sn. The van der Waals surface area contributed by atoms with Gasteiger partial charge in [0.2, 0.25) is 26.2 Å². The monoisotopic (exact) mass is 1340 g/mol. The summed E-state index contributed by atoms with van der Waals surface area (Å²) >= 11 is 0.169. The molecule has 3 fully saturated rings. The van der Waals surface area contributed by atoms with Gasteiger partial charge in [0.1, 0.15) is 12.2 Å². The summed E-state index contributed by atoms with van der Waals surface area (Å²) in [7, 11) is 14.7. The van der Waals surface area contributed by atoms with Gasteiger partial charge in [-0.15, -0.1) is 0 Å². The van der Waals surface area contributed by atoms with Crippen molar-refractivity contribution in [2.45, 2.75) is 149 Å². The number of aliphatic hydroxyl groups excluding tert-OH is 2. The number of hydrogen-bond donors (Lipinski definition) is 2. The van der Waals surface area contributed by atoms with Gasteiger partial charge < -0.3 is 48.5 Å². The zero-order valence-electron chi connectivity index (χ0n) is 46.1. The number of halogens is 4. The molecular weight excluding hydrogens is 1260 g/mol. The first kappa shape index (κ1) is 72.8. The van der Waals surface area contributed by atoms with Crippen LogP contribution in [-0.2, 0) is 56.3 Å². The molecule has 2 N–H and O–H groups in total.